The molecule has 0 aliphatic carbocycles. The second-order valence-electron chi connectivity index (χ2n) is 6.57. The zero-order valence-electron chi connectivity index (χ0n) is 15.7. The average molecular weight is 359 g/mol. The van der Waals surface area contributed by atoms with Crippen molar-refractivity contribution < 1.29 is 24.2 Å². The number of fused-ring (bicyclic) bond motifs is 1. The highest BCUT2D eigenvalue weighted by Gasteiger charge is 2.21. The fraction of sp³-hybridized carbons (Fsp3) is 0.500. The summed E-state index contributed by atoms with van der Waals surface area (Å²) in [6, 6.07) is 6.34. The molecule has 0 atom stereocenters. The zero-order valence-corrected chi connectivity index (χ0v) is 15.7. The summed E-state index contributed by atoms with van der Waals surface area (Å²) in [5.74, 6) is -0.297. The topological polar surface area (TPSA) is 66.1 Å². The molecular weight excluding hydrogens is 330 g/mol. The Hall–Kier alpha value is -2.18. The number of anilines is 1. The predicted molar refractivity (Wildman–Crippen MR) is 101 cm³/mol. The van der Waals surface area contributed by atoms with Gasteiger partial charge in [-0.3, -0.25) is 0 Å². The minimum atomic E-state index is -0.297. The molecule has 2 heterocycles. The Kier molecular flexibility index (Phi) is 6.41. The molecule has 0 radical (unpaired) electrons. The molecule has 26 heavy (non-hydrogen) atoms. The molecule has 3 N–H and O–H groups in total. The van der Waals surface area contributed by atoms with Crippen LogP contribution in [-0.2, 0) is 15.9 Å². The van der Waals surface area contributed by atoms with Crippen molar-refractivity contribution in [3.63, 3.8) is 0 Å². The second kappa shape index (κ2) is 8.96. The molecule has 1 fully saturated rings. The van der Waals surface area contributed by atoms with Crippen LogP contribution in [0.4, 0.5) is 5.69 Å². The lowest BCUT2D eigenvalue weighted by molar-refractivity contribution is -0.906. The number of H-pyrrole nitrogens is 1. The Bertz CT molecular complexity index is 757. The fourth-order valence-electron chi connectivity index (χ4n) is 3.35. The standard InChI is InChI=1S/C20H27N3O3/c1-3-15-5-6-18-16(13-15)19(17(14-22-18)20(24)26-4-2)21-7-8-23-9-11-25-12-10-23/h5-6,13-14H,3-4,7-12H2,1-2H3,(H,21,22)/p+2. The van der Waals surface area contributed by atoms with E-state index in [0.717, 1.165) is 62.4 Å². The molecule has 0 bridgehead atoms. The van der Waals surface area contributed by atoms with E-state index in [1.54, 1.807) is 6.20 Å². The summed E-state index contributed by atoms with van der Waals surface area (Å²) < 4.78 is 10.7. The van der Waals surface area contributed by atoms with E-state index in [0.29, 0.717) is 12.2 Å². The monoisotopic (exact) mass is 359 g/mol. The molecule has 0 amide bonds. The summed E-state index contributed by atoms with van der Waals surface area (Å²) in [7, 11) is 0. The summed E-state index contributed by atoms with van der Waals surface area (Å²) in [4.78, 5) is 17.2. The molecule has 1 aromatic carbocycles. The fourth-order valence-corrected chi connectivity index (χ4v) is 3.35. The second-order valence-corrected chi connectivity index (χ2v) is 6.57. The zero-order chi connectivity index (χ0) is 18.4. The van der Waals surface area contributed by atoms with Gasteiger partial charge < -0.3 is 19.7 Å². The number of esters is 1. The Morgan fingerprint density at radius 3 is 2.85 bits per heavy atom. The summed E-state index contributed by atoms with van der Waals surface area (Å²) in [6.07, 6.45) is 2.70. The van der Waals surface area contributed by atoms with Crippen molar-refractivity contribution in [3.05, 3.63) is 35.5 Å². The largest absolute Gasteiger partial charge is 0.462 e. The number of pyridine rings is 1. The lowest BCUT2D eigenvalue weighted by atomic mass is 10.0. The first-order valence-electron chi connectivity index (χ1n) is 9.52. The molecule has 1 aliphatic heterocycles. The summed E-state index contributed by atoms with van der Waals surface area (Å²) in [5, 5.41) is 4.55. The van der Waals surface area contributed by atoms with Crippen LogP contribution in [0, 0.1) is 0 Å². The van der Waals surface area contributed by atoms with Gasteiger partial charge in [-0.15, -0.1) is 0 Å². The minimum absolute atomic E-state index is 0.297. The van der Waals surface area contributed by atoms with E-state index in [4.69, 9.17) is 9.47 Å². The van der Waals surface area contributed by atoms with Gasteiger partial charge in [-0.25, -0.2) is 9.78 Å². The van der Waals surface area contributed by atoms with Crippen LogP contribution in [0.1, 0.15) is 29.8 Å². The molecule has 2 aromatic rings. The first kappa shape index (κ1) is 18.6. The molecule has 140 valence electrons. The Balaban J connectivity index is 1.87. The van der Waals surface area contributed by atoms with Crippen LogP contribution in [0.15, 0.2) is 24.4 Å². The molecule has 1 aromatic heterocycles. The first-order valence-corrected chi connectivity index (χ1v) is 9.52. The molecule has 0 saturated carbocycles. The number of carbonyl (C=O) groups excluding carboxylic acids is 1. The normalized spacial score (nSPS) is 15.2. The third kappa shape index (κ3) is 4.31. The van der Waals surface area contributed by atoms with E-state index in [-0.39, 0.29) is 5.97 Å². The van der Waals surface area contributed by atoms with E-state index in [1.165, 1.54) is 10.5 Å². The Morgan fingerprint density at radius 1 is 1.31 bits per heavy atom. The number of hydrogen-bond acceptors (Lipinski definition) is 4. The quantitative estimate of drug-likeness (QED) is 0.715. The molecule has 6 nitrogen and oxygen atoms in total. The average Bonchev–Trinajstić information content (AvgIpc) is 2.68. The SMILES string of the molecule is CCOC(=O)c1c[nH+]c2ccc(CC)cc2c1NCC[NH+]1CCOCC1. The van der Waals surface area contributed by atoms with Crippen molar-refractivity contribution in [3.8, 4) is 0 Å². The van der Waals surface area contributed by atoms with E-state index >= 15 is 0 Å². The van der Waals surface area contributed by atoms with Crippen molar-refractivity contribution in [2.45, 2.75) is 20.3 Å². The molecule has 3 rings (SSSR count). The molecule has 0 unspecified atom stereocenters. The van der Waals surface area contributed by atoms with Crippen LogP contribution in [0.5, 0.6) is 0 Å². The maximum Gasteiger partial charge on any atom is 0.346 e. The summed E-state index contributed by atoms with van der Waals surface area (Å²) in [5.41, 5.74) is 3.68. The number of benzene rings is 1. The lowest BCUT2D eigenvalue weighted by Crippen LogP contribution is -3.14. The van der Waals surface area contributed by atoms with Crippen molar-refractivity contribution in [1.29, 1.82) is 0 Å². The van der Waals surface area contributed by atoms with Gasteiger partial charge in [0.2, 0.25) is 5.52 Å². The smallest absolute Gasteiger partial charge is 0.346 e. The van der Waals surface area contributed by atoms with Gasteiger partial charge in [0.15, 0.2) is 6.20 Å². The molecule has 6 heteroatoms. The van der Waals surface area contributed by atoms with Gasteiger partial charge in [-0.1, -0.05) is 13.0 Å². The van der Waals surface area contributed by atoms with Crippen LogP contribution >= 0.6 is 0 Å². The predicted octanol–water partition coefficient (Wildman–Crippen LogP) is 0.720. The summed E-state index contributed by atoms with van der Waals surface area (Å²) >= 11 is 0. The van der Waals surface area contributed by atoms with Gasteiger partial charge in [0.05, 0.1) is 44.0 Å². The van der Waals surface area contributed by atoms with Gasteiger partial charge in [0.1, 0.15) is 18.7 Å². The highest BCUT2D eigenvalue weighted by Crippen LogP contribution is 2.26. The van der Waals surface area contributed by atoms with E-state index in [2.05, 4.69) is 35.4 Å². The van der Waals surface area contributed by atoms with Crippen LogP contribution in [-0.4, -0.2) is 52.0 Å². The maximum atomic E-state index is 12.4. The first-order chi connectivity index (χ1) is 12.7. The minimum Gasteiger partial charge on any atom is -0.462 e. The van der Waals surface area contributed by atoms with Crippen LogP contribution < -0.4 is 15.2 Å². The van der Waals surface area contributed by atoms with Gasteiger partial charge in [0, 0.05) is 6.07 Å². The highest BCUT2D eigenvalue weighted by molar-refractivity contribution is 6.03. The van der Waals surface area contributed by atoms with E-state index in [1.807, 2.05) is 6.92 Å². The number of rotatable bonds is 7. The van der Waals surface area contributed by atoms with Gasteiger partial charge in [0.25, 0.3) is 0 Å². The van der Waals surface area contributed by atoms with E-state index in [9.17, 15) is 4.79 Å². The molecular formula is C20H29N3O3+2. The van der Waals surface area contributed by atoms with Gasteiger partial charge >= 0.3 is 5.97 Å². The molecule has 0 spiro atoms. The number of nitrogens with one attached hydrogen (secondary N) is 3. The van der Waals surface area contributed by atoms with Crippen molar-refractivity contribution in [2.75, 3.05) is 51.3 Å². The van der Waals surface area contributed by atoms with Gasteiger partial charge in [-0.05, 0) is 25.0 Å². The highest BCUT2D eigenvalue weighted by atomic mass is 16.5. The third-order valence-corrected chi connectivity index (χ3v) is 4.88. The number of quaternary nitrogens is 1. The van der Waals surface area contributed by atoms with Gasteiger partial charge in [-0.2, -0.15) is 0 Å². The Labute approximate surface area is 154 Å². The van der Waals surface area contributed by atoms with Crippen molar-refractivity contribution in [2.24, 2.45) is 0 Å². The molecule has 1 saturated heterocycles. The van der Waals surface area contributed by atoms with E-state index < -0.39 is 0 Å². The van der Waals surface area contributed by atoms with Crippen LogP contribution in [0.25, 0.3) is 10.9 Å². The molecule has 1 aliphatic rings. The maximum absolute atomic E-state index is 12.4. The van der Waals surface area contributed by atoms with Crippen LogP contribution in [0.3, 0.4) is 0 Å². The number of aryl methyl sites for hydroxylation is 1. The third-order valence-electron chi connectivity index (χ3n) is 4.88. The summed E-state index contributed by atoms with van der Waals surface area (Å²) in [6.45, 7) is 9.85. The lowest BCUT2D eigenvalue weighted by Gasteiger charge is -2.24. The number of aromatic amines is 1. The number of ether oxygens (including phenoxy) is 2. The number of carbonyl (C=O) groups is 1. The van der Waals surface area contributed by atoms with Crippen molar-refractivity contribution >= 4 is 22.6 Å². The number of hydrogen-bond donors (Lipinski definition) is 2. The number of aromatic nitrogens is 1. The Morgan fingerprint density at radius 2 is 2.12 bits per heavy atom. The number of morpholine rings is 1. The van der Waals surface area contributed by atoms with Crippen molar-refractivity contribution in [1.82, 2.24) is 0 Å². The van der Waals surface area contributed by atoms with Crippen LogP contribution in [0.2, 0.25) is 0 Å².